The Morgan fingerprint density at radius 2 is 1.07 bits per heavy atom. The van der Waals surface area contributed by atoms with Gasteiger partial charge < -0.3 is 9.80 Å². The Hall–Kier alpha value is -0.520. The summed E-state index contributed by atoms with van der Waals surface area (Å²) in [4.78, 5) is 35.9. The lowest BCUT2D eigenvalue weighted by molar-refractivity contribution is -0.124. The summed E-state index contributed by atoms with van der Waals surface area (Å²) in [6.07, 6.45) is 11.6. The lowest BCUT2D eigenvalue weighted by Crippen LogP contribution is -2.42. The average Bonchev–Trinajstić information content (AvgIpc) is 3.59. The first-order valence-electron chi connectivity index (χ1n) is 15.2. The fourth-order valence-corrected chi connectivity index (χ4v) is 10.2. The summed E-state index contributed by atoms with van der Waals surface area (Å²) in [6, 6.07) is 0. The third-order valence-electron chi connectivity index (χ3n) is 9.10. The second-order valence-corrected chi connectivity index (χ2v) is 17.5. The minimum absolute atomic E-state index is 0.00368. The number of ketones is 2. The molecule has 0 bridgehead atoms. The molecule has 2 saturated heterocycles. The SMILES string of the molecule is CC(C)(CCC(=O)CCC(=O)CCC(C)(C)CCN1C(=S)C=C2SCCC2C1=S)CCN1C(=S)C=C2SCCC2C1=S. The molecule has 2 fully saturated rings. The van der Waals surface area contributed by atoms with Crippen molar-refractivity contribution in [3.63, 3.8) is 0 Å². The van der Waals surface area contributed by atoms with E-state index in [1.807, 2.05) is 23.5 Å². The van der Waals surface area contributed by atoms with E-state index in [1.54, 1.807) is 0 Å². The van der Waals surface area contributed by atoms with Crippen molar-refractivity contribution in [3.05, 3.63) is 22.0 Å². The molecule has 0 aromatic heterocycles. The molecule has 0 N–H and O–H groups in total. The average molecular weight is 681 g/mol. The Kier molecular flexibility index (Phi) is 12.0. The number of carbonyl (C=O) groups is 2. The Morgan fingerprint density at radius 1 is 0.690 bits per heavy atom. The van der Waals surface area contributed by atoms with Crippen molar-refractivity contribution >= 4 is 104 Å². The van der Waals surface area contributed by atoms with Gasteiger partial charge in [0.15, 0.2) is 0 Å². The van der Waals surface area contributed by atoms with Crippen LogP contribution in [0.2, 0.25) is 0 Å². The number of thioether (sulfide) groups is 2. The molecule has 0 radical (unpaired) electrons. The molecule has 0 aromatic rings. The second-order valence-electron chi connectivity index (χ2n) is 13.5. The summed E-state index contributed by atoms with van der Waals surface area (Å²) in [5, 5.41) is 0. The fraction of sp³-hybridized carbons (Fsp3) is 0.688. The number of nitrogens with zero attached hydrogens (tertiary/aromatic N) is 2. The molecule has 230 valence electrons. The van der Waals surface area contributed by atoms with Gasteiger partial charge in [0.2, 0.25) is 0 Å². The zero-order valence-electron chi connectivity index (χ0n) is 25.4. The molecule has 42 heavy (non-hydrogen) atoms. The van der Waals surface area contributed by atoms with Crippen LogP contribution in [0.25, 0.3) is 0 Å². The standard InChI is InChI=1S/C32H44N2O2S6/c1-31(2,13-15-33-27(37)19-25-23(29(33)39)9-17-41-25)11-7-21(35)5-6-22(36)8-12-32(3,4)14-16-34-28(38)20-26-24(30(34)40)10-18-42-26/h19-20,23-24H,5-18H2,1-4H3. The lowest BCUT2D eigenvalue weighted by atomic mass is 9.82. The molecule has 0 saturated carbocycles. The minimum atomic E-state index is -0.00368. The van der Waals surface area contributed by atoms with Crippen molar-refractivity contribution < 1.29 is 9.59 Å². The maximum atomic E-state index is 12.7. The molecule has 4 aliphatic rings. The Morgan fingerprint density at radius 3 is 1.45 bits per heavy atom. The van der Waals surface area contributed by atoms with Crippen molar-refractivity contribution in [3.8, 4) is 0 Å². The second kappa shape index (κ2) is 14.7. The number of Topliss-reactive ketones (excluding diaryl/α,β-unsaturated/α-hetero) is 2. The van der Waals surface area contributed by atoms with Gasteiger partial charge in [-0.25, -0.2) is 0 Å². The predicted octanol–water partition coefficient (Wildman–Crippen LogP) is 8.51. The van der Waals surface area contributed by atoms with E-state index in [1.165, 1.54) is 9.81 Å². The third-order valence-corrected chi connectivity index (χ3v) is 13.1. The van der Waals surface area contributed by atoms with Crippen LogP contribution in [0.4, 0.5) is 0 Å². The van der Waals surface area contributed by atoms with E-state index >= 15 is 0 Å². The van der Waals surface area contributed by atoms with Gasteiger partial charge in [0.25, 0.3) is 0 Å². The quantitative estimate of drug-likeness (QED) is 0.157. The summed E-state index contributed by atoms with van der Waals surface area (Å²) in [5.41, 5.74) is -0.00737. The summed E-state index contributed by atoms with van der Waals surface area (Å²) in [7, 11) is 0. The van der Waals surface area contributed by atoms with E-state index in [0.717, 1.165) is 83.1 Å². The van der Waals surface area contributed by atoms with Crippen molar-refractivity contribution in [2.24, 2.45) is 22.7 Å². The van der Waals surface area contributed by atoms with Gasteiger partial charge in [-0.2, -0.15) is 0 Å². The highest BCUT2D eigenvalue weighted by atomic mass is 32.2. The largest absolute Gasteiger partial charge is 0.327 e. The molecule has 2 unspecified atom stereocenters. The van der Waals surface area contributed by atoms with Crippen molar-refractivity contribution in [1.82, 2.24) is 9.80 Å². The maximum absolute atomic E-state index is 12.7. The van der Waals surface area contributed by atoms with Gasteiger partial charge in [0.1, 0.15) is 21.5 Å². The maximum Gasteiger partial charge on any atom is 0.133 e. The smallest absolute Gasteiger partial charge is 0.133 e. The van der Waals surface area contributed by atoms with E-state index in [4.69, 9.17) is 48.9 Å². The van der Waals surface area contributed by atoms with Crippen LogP contribution >= 0.6 is 72.4 Å². The number of carbonyl (C=O) groups excluding carboxylic acids is 2. The first-order valence-corrected chi connectivity index (χ1v) is 18.8. The molecule has 0 amide bonds. The minimum Gasteiger partial charge on any atom is -0.327 e. The van der Waals surface area contributed by atoms with E-state index < -0.39 is 0 Å². The van der Waals surface area contributed by atoms with Crippen LogP contribution < -0.4 is 0 Å². The topological polar surface area (TPSA) is 40.6 Å². The Balaban J connectivity index is 1.12. The van der Waals surface area contributed by atoms with Crippen molar-refractivity contribution in [2.45, 2.75) is 91.9 Å². The van der Waals surface area contributed by atoms with Crippen LogP contribution in [-0.4, -0.2) is 65.9 Å². The van der Waals surface area contributed by atoms with E-state index in [0.29, 0.717) is 37.5 Å². The van der Waals surface area contributed by atoms with Crippen LogP contribution in [0.5, 0.6) is 0 Å². The summed E-state index contributed by atoms with van der Waals surface area (Å²) < 4.78 is 0. The van der Waals surface area contributed by atoms with Crippen LogP contribution in [0, 0.1) is 22.7 Å². The van der Waals surface area contributed by atoms with E-state index in [-0.39, 0.29) is 22.4 Å². The first-order chi connectivity index (χ1) is 19.8. The summed E-state index contributed by atoms with van der Waals surface area (Å²) >= 11 is 26.6. The molecular formula is C32H44N2O2S6. The van der Waals surface area contributed by atoms with Crippen LogP contribution in [0.15, 0.2) is 22.0 Å². The lowest BCUT2D eigenvalue weighted by Gasteiger charge is -2.35. The molecule has 0 aliphatic carbocycles. The highest BCUT2D eigenvalue weighted by molar-refractivity contribution is 8.03. The molecule has 0 spiro atoms. The number of rotatable bonds is 15. The predicted molar refractivity (Wildman–Crippen MR) is 196 cm³/mol. The molecule has 4 aliphatic heterocycles. The highest BCUT2D eigenvalue weighted by Gasteiger charge is 2.36. The fourth-order valence-electron chi connectivity index (χ4n) is 5.85. The first kappa shape index (κ1) is 34.4. The Bertz CT molecular complexity index is 1110. The number of hydrogen-bond donors (Lipinski definition) is 0. The van der Waals surface area contributed by atoms with Gasteiger partial charge in [-0.15, -0.1) is 23.5 Å². The number of thiocarbonyl (C=S) groups is 4. The third kappa shape index (κ3) is 9.03. The van der Waals surface area contributed by atoms with Gasteiger partial charge in [-0.3, -0.25) is 9.59 Å². The zero-order chi connectivity index (χ0) is 30.7. The van der Waals surface area contributed by atoms with Crippen LogP contribution in [0.3, 0.4) is 0 Å². The van der Waals surface area contributed by atoms with Crippen molar-refractivity contribution in [2.75, 3.05) is 24.6 Å². The van der Waals surface area contributed by atoms with Gasteiger partial charge in [-0.05, 0) is 82.8 Å². The summed E-state index contributed by atoms with van der Waals surface area (Å²) in [5.74, 6) is 3.30. The monoisotopic (exact) mass is 680 g/mol. The molecule has 4 heterocycles. The van der Waals surface area contributed by atoms with E-state index in [9.17, 15) is 9.59 Å². The van der Waals surface area contributed by atoms with Gasteiger partial charge in [0.05, 0.1) is 9.98 Å². The highest BCUT2D eigenvalue weighted by Crippen LogP contribution is 2.42. The molecular weight excluding hydrogens is 637 g/mol. The molecule has 0 aromatic carbocycles. The van der Waals surface area contributed by atoms with Gasteiger partial charge >= 0.3 is 0 Å². The van der Waals surface area contributed by atoms with Gasteiger partial charge in [0, 0.05) is 50.6 Å². The zero-order valence-corrected chi connectivity index (χ0v) is 30.3. The normalized spacial score (nSPS) is 22.8. The van der Waals surface area contributed by atoms with Crippen LogP contribution in [-0.2, 0) is 9.59 Å². The van der Waals surface area contributed by atoms with Crippen LogP contribution in [0.1, 0.15) is 91.9 Å². The Labute approximate surface area is 282 Å². The summed E-state index contributed by atoms with van der Waals surface area (Å²) in [6.45, 7) is 10.4. The van der Waals surface area contributed by atoms with Gasteiger partial charge in [-0.1, -0.05) is 76.6 Å². The molecule has 10 heteroatoms. The van der Waals surface area contributed by atoms with Crippen molar-refractivity contribution in [1.29, 1.82) is 0 Å². The molecule has 4 rings (SSSR count). The molecule has 4 nitrogen and oxygen atoms in total. The number of fused-ring (bicyclic) bond motifs is 2. The number of hydrogen-bond acceptors (Lipinski definition) is 8. The van der Waals surface area contributed by atoms with E-state index in [2.05, 4.69) is 49.6 Å². The molecule has 2 atom stereocenters.